The monoisotopic (exact) mass is 492 g/mol. The van der Waals surface area contributed by atoms with Gasteiger partial charge in [-0.3, -0.25) is 4.55 Å². The van der Waals surface area contributed by atoms with Gasteiger partial charge < -0.3 is 9.64 Å². The van der Waals surface area contributed by atoms with Gasteiger partial charge in [-0.25, -0.2) is 29.5 Å². The van der Waals surface area contributed by atoms with E-state index in [2.05, 4.69) is 19.9 Å². The number of ether oxygens (including phenoxy) is 1. The van der Waals surface area contributed by atoms with Gasteiger partial charge >= 0.3 is 0 Å². The summed E-state index contributed by atoms with van der Waals surface area (Å²) < 4.78 is 55.5. The molecule has 0 spiro atoms. The van der Waals surface area contributed by atoms with Crippen LogP contribution < -0.4 is 14.8 Å². The number of nitrogens with zero attached hydrogens (tertiary/aromatic N) is 5. The van der Waals surface area contributed by atoms with Crippen LogP contribution in [0.25, 0.3) is 11.6 Å². The van der Waals surface area contributed by atoms with Gasteiger partial charge in [0.1, 0.15) is 0 Å². The topological polar surface area (TPSA) is 127 Å². The van der Waals surface area contributed by atoms with Crippen LogP contribution in [0.3, 0.4) is 0 Å². The third-order valence-electron chi connectivity index (χ3n) is 5.53. The Hall–Kier alpha value is -3.09. The van der Waals surface area contributed by atoms with Gasteiger partial charge in [0.05, 0.1) is 24.1 Å². The smallest absolute Gasteiger partial charge is 0.200 e. The maximum atomic E-state index is 14.4. The van der Waals surface area contributed by atoms with E-state index in [4.69, 9.17) is 9.88 Å². The Labute approximate surface area is 195 Å². The van der Waals surface area contributed by atoms with Crippen molar-refractivity contribution in [2.24, 2.45) is 5.14 Å². The molecule has 0 aliphatic carbocycles. The number of nitrogens with two attached hydrogens (primary N) is 1. The fourth-order valence-corrected chi connectivity index (χ4v) is 4.67. The van der Waals surface area contributed by atoms with E-state index in [0.717, 1.165) is 23.6 Å². The summed E-state index contributed by atoms with van der Waals surface area (Å²) in [6.07, 6.45) is 6.68. The third-order valence-corrected chi connectivity index (χ3v) is 6.81. The van der Waals surface area contributed by atoms with Crippen LogP contribution in [0, 0.1) is 11.6 Å². The van der Waals surface area contributed by atoms with E-state index in [1.54, 1.807) is 24.7 Å². The highest BCUT2D eigenvalue weighted by atomic mass is 32.3. The van der Waals surface area contributed by atoms with Crippen LogP contribution >= 0.6 is 0 Å². The molecule has 3 N–H and O–H groups in total. The second-order valence-corrected chi connectivity index (χ2v) is 12.0. The van der Waals surface area contributed by atoms with Gasteiger partial charge in [-0.1, -0.05) is 0 Å². The van der Waals surface area contributed by atoms with Gasteiger partial charge in [0, 0.05) is 61.2 Å². The Morgan fingerprint density at radius 3 is 2.68 bits per heavy atom. The molecular weight excluding hydrogens is 466 g/mol. The van der Waals surface area contributed by atoms with Gasteiger partial charge in [-0.05, 0) is 19.4 Å². The number of rotatable bonds is 7. The molecule has 0 saturated heterocycles. The molecule has 0 bridgehead atoms. The third kappa shape index (κ3) is 5.51. The summed E-state index contributed by atoms with van der Waals surface area (Å²) in [6.45, 7) is 2.36. The summed E-state index contributed by atoms with van der Waals surface area (Å²) in [4.78, 5) is 19.3. The maximum Gasteiger partial charge on any atom is 0.200 e. The van der Waals surface area contributed by atoms with Crippen LogP contribution in [-0.2, 0) is 16.0 Å². The normalized spacial score (nSPS) is 17.1. The van der Waals surface area contributed by atoms with E-state index < -0.39 is 21.2 Å². The van der Waals surface area contributed by atoms with Crippen molar-refractivity contribution in [3.05, 3.63) is 59.7 Å². The highest BCUT2D eigenvalue weighted by Crippen LogP contribution is 2.36. The summed E-state index contributed by atoms with van der Waals surface area (Å²) in [6, 6.07) is 4.06. The van der Waals surface area contributed by atoms with Crippen LogP contribution in [-0.4, -0.2) is 53.9 Å². The first-order valence-corrected chi connectivity index (χ1v) is 13.2. The Balaban J connectivity index is 1.53. The highest BCUT2D eigenvalue weighted by molar-refractivity contribution is 8.12. The van der Waals surface area contributed by atoms with E-state index in [1.807, 2.05) is 11.8 Å². The molecular formula is C22H26F2N6O3S. The van der Waals surface area contributed by atoms with Gasteiger partial charge in [0.25, 0.3) is 0 Å². The molecule has 0 radical (unpaired) electrons. The second kappa shape index (κ2) is 8.93. The van der Waals surface area contributed by atoms with E-state index in [1.165, 1.54) is 6.07 Å². The average Bonchev–Trinajstić information content (AvgIpc) is 2.79. The fourth-order valence-electron chi connectivity index (χ4n) is 3.85. The number of hydrogen-bond donors (Lipinski definition) is 2. The lowest BCUT2D eigenvalue weighted by Gasteiger charge is -2.36. The molecule has 9 nitrogen and oxygen atoms in total. The first kappa shape index (κ1) is 24.0. The van der Waals surface area contributed by atoms with E-state index in [-0.39, 0.29) is 30.6 Å². The quantitative estimate of drug-likeness (QED) is 0.482. The highest BCUT2D eigenvalue weighted by Gasteiger charge is 2.28. The molecule has 1 atom stereocenters. The summed E-state index contributed by atoms with van der Waals surface area (Å²) in [5, 5.41) is 5.33. The van der Waals surface area contributed by atoms with Crippen LogP contribution in [0.1, 0.15) is 30.6 Å². The molecule has 0 amide bonds. The lowest BCUT2D eigenvalue weighted by Crippen LogP contribution is -2.44. The second-order valence-electron chi connectivity index (χ2n) is 8.50. The van der Waals surface area contributed by atoms with Crippen LogP contribution in [0.15, 0.2) is 36.8 Å². The molecule has 2 aromatic heterocycles. The molecule has 3 heterocycles. The first-order valence-electron chi connectivity index (χ1n) is 10.7. The van der Waals surface area contributed by atoms with Crippen molar-refractivity contribution < 1.29 is 22.3 Å². The van der Waals surface area contributed by atoms with E-state index in [9.17, 15) is 17.5 Å². The van der Waals surface area contributed by atoms with Crippen LogP contribution in [0.2, 0.25) is 0 Å². The Morgan fingerprint density at radius 2 is 1.97 bits per heavy atom. The molecule has 0 saturated carbocycles. The van der Waals surface area contributed by atoms with Crippen molar-refractivity contribution in [2.75, 3.05) is 30.1 Å². The number of aromatic nitrogens is 4. The molecule has 1 aromatic carbocycles. The SMILES string of the molecule is CC1c2cnc(-c3ncccn3)nc2CCN1c1cc(F)c(F)c(OCCCS(C)(N)(=O)O)c1. The summed E-state index contributed by atoms with van der Waals surface area (Å²) in [5.41, 5.74) is 2.16. The minimum atomic E-state index is -4.17. The molecule has 182 valence electrons. The summed E-state index contributed by atoms with van der Waals surface area (Å²) in [5.74, 6) is -1.77. The predicted octanol–water partition coefficient (Wildman–Crippen LogP) is 2.90. The Kier molecular flexibility index (Phi) is 6.32. The van der Waals surface area contributed by atoms with E-state index >= 15 is 0 Å². The van der Waals surface area contributed by atoms with Crippen LogP contribution in [0.5, 0.6) is 5.75 Å². The van der Waals surface area contributed by atoms with Gasteiger partial charge in [0.15, 0.2) is 23.2 Å². The number of benzene rings is 1. The molecule has 1 aliphatic rings. The number of fused-ring (bicyclic) bond motifs is 1. The molecule has 1 unspecified atom stereocenters. The molecule has 34 heavy (non-hydrogen) atoms. The van der Waals surface area contributed by atoms with Gasteiger partial charge in [0.2, 0.25) is 5.82 Å². The predicted molar refractivity (Wildman–Crippen MR) is 125 cm³/mol. The van der Waals surface area contributed by atoms with Crippen molar-refractivity contribution >= 4 is 15.2 Å². The lowest BCUT2D eigenvalue weighted by atomic mass is 9.98. The molecule has 0 fully saturated rings. The zero-order valence-electron chi connectivity index (χ0n) is 18.8. The molecule has 4 rings (SSSR count). The fraction of sp³-hybridized carbons (Fsp3) is 0.364. The standard InChI is InChI=1S/C22H26F2N6O3S/c1-14-16-13-28-22(21-26-6-3-7-27-21)29-18(16)5-8-30(14)15-11-17(23)20(24)19(12-15)33-9-4-10-34(2,25,31)32/h3,6-7,11-14H,4-5,8-10H2,1-2H3,(H3,25,31,32). The van der Waals surface area contributed by atoms with Crippen molar-refractivity contribution in [1.29, 1.82) is 0 Å². The van der Waals surface area contributed by atoms with Crippen molar-refractivity contribution in [2.45, 2.75) is 25.8 Å². The van der Waals surface area contributed by atoms with Crippen molar-refractivity contribution in [3.8, 4) is 17.4 Å². The number of hydrogen-bond acceptors (Lipinski definition) is 7. The van der Waals surface area contributed by atoms with Crippen LogP contribution in [0.4, 0.5) is 14.5 Å². The average molecular weight is 493 g/mol. The lowest BCUT2D eigenvalue weighted by molar-refractivity contribution is 0.294. The van der Waals surface area contributed by atoms with Crippen molar-refractivity contribution in [1.82, 2.24) is 19.9 Å². The number of halogens is 2. The minimum absolute atomic E-state index is 0.0868. The maximum absolute atomic E-state index is 14.4. The van der Waals surface area contributed by atoms with E-state index in [0.29, 0.717) is 30.3 Å². The molecule has 3 aromatic rings. The van der Waals surface area contributed by atoms with Gasteiger partial charge in [-0.2, -0.15) is 8.60 Å². The van der Waals surface area contributed by atoms with Crippen molar-refractivity contribution in [3.63, 3.8) is 0 Å². The number of anilines is 1. The Bertz CT molecular complexity index is 1260. The summed E-state index contributed by atoms with van der Waals surface area (Å²) >= 11 is 0. The molecule has 1 aliphatic heterocycles. The molecule has 12 heteroatoms. The largest absolute Gasteiger partial charge is 0.490 e. The zero-order chi connectivity index (χ0) is 24.5. The first-order chi connectivity index (χ1) is 16.0. The Morgan fingerprint density at radius 1 is 1.24 bits per heavy atom. The van der Waals surface area contributed by atoms with Gasteiger partial charge in [-0.15, -0.1) is 9.53 Å². The zero-order valence-corrected chi connectivity index (χ0v) is 19.6. The summed E-state index contributed by atoms with van der Waals surface area (Å²) in [7, 11) is -4.17. The minimum Gasteiger partial charge on any atom is -0.490 e.